The van der Waals surface area contributed by atoms with Crippen LogP contribution < -0.4 is 10.1 Å². The van der Waals surface area contributed by atoms with Gasteiger partial charge in [-0.15, -0.1) is 0 Å². The summed E-state index contributed by atoms with van der Waals surface area (Å²) in [7, 11) is 3.98. The van der Waals surface area contributed by atoms with E-state index < -0.39 is 0 Å². The van der Waals surface area contributed by atoms with Crippen LogP contribution in [0.4, 0.5) is 5.69 Å². The van der Waals surface area contributed by atoms with E-state index in [-0.39, 0.29) is 11.3 Å². The summed E-state index contributed by atoms with van der Waals surface area (Å²) in [5, 5.41) is 23.0. The Morgan fingerprint density at radius 2 is 1.60 bits per heavy atom. The SMILES string of the molecule is Cc1cc(C)cc(Oc2ccc(-c3cc(O)c(C#N)c(NCCN(C)C)c3)cc2)c1. The molecule has 0 spiro atoms. The highest BCUT2D eigenvalue weighted by molar-refractivity contribution is 5.76. The number of hydrogen-bond acceptors (Lipinski definition) is 5. The van der Waals surface area contributed by atoms with Gasteiger partial charge in [0.05, 0.1) is 5.69 Å². The number of ether oxygens (including phenoxy) is 1. The number of likely N-dealkylation sites (N-methyl/N-ethyl adjacent to an activating group) is 1. The first-order valence-electron chi connectivity index (χ1n) is 9.88. The normalized spacial score (nSPS) is 10.7. The molecular weight excluding hydrogens is 374 g/mol. The van der Waals surface area contributed by atoms with E-state index in [0.717, 1.165) is 40.3 Å². The quantitative estimate of drug-likeness (QED) is 0.561. The van der Waals surface area contributed by atoms with Crippen molar-refractivity contribution in [2.45, 2.75) is 13.8 Å². The van der Waals surface area contributed by atoms with Crippen LogP contribution in [0.25, 0.3) is 11.1 Å². The number of nitriles is 1. The first-order chi connectivity index (χ1) is 14.4. The fourth-order valence-electron chi connectivity index (χ4n) is 3.31. The van der Waals surface area contributed by atoms with E-state index in [1.807, 2.05) is 70.4 Å². The van der Waals surface area contributed by atoms with Crippen molar-refractivity contribution in [3.8, 4) is 34.4 Å². The highest BCUT2D eigenvalue weighted by atomic mass is 16.5. The molecule has 0 saturated heterocycles. The number of phenols is 1. The number of nitrogens with one attached hydrogen (secondary N) is 1. The monoisotopic (exact) mass is 401 g/mol. The zero-order valence-electron chi connectivity index (χ0n) is 17.9. The van der Waals surface area contributed by atoms with E-state index in [1.165, 1.54) is 0 Å². The van der Waals surface area contributed by atoms with Crippen molar-refractivity contribution >= 4 is 5.69 Å². The average Bonchev–Trinajstić information content (AvgIpc) is 2.67. The molecule has 0 aliphatic rings. The van der Waals surface area contributed by atoms with Gasteiger partial charge in [0, 0.05) is 13.1 Å². The Bertz CT molecular complexity index is 1050. The molecule has 3 aromatic carbocycles. The smallest absolute Gasteiger partial charge is 0.136 e. The van der Waals surface area contributed by atoms with Crippen molar-refractivity contribution in [3.05, 3.63) is 71.3 Å². The molecule has 0 saturated carbocycles. The average molecular weight is 402 g/mol. The molecule has 2 N–H and O–H groups in total. The molecule has 0 aliphatic carbocycles. The van der Waals surface area contributed by atoms with Crippen LogP contribution in [-0.4, -0.2) is 37.2 Å². The molecule has 5 heteroatoms. The summed E-state index contributed by atoms with van der Waals surface area (Å²) in [4.78, 5) is 2.05. The van der Waals surface area contributed by atoms with Crippen LogP contribution in [0.3, 0.4) is 0 Å². The summed E-state index contributed by atoms with van der Waals surface area (Å²) >= 11 is 0. The Hall–Kier alpha value is -3.49. The summed E-state index contributed by atoms with van der Waals surface area (Å²) in [6.07, 6.45) is 0. The number of nitrogens with zero attached hydrogens (tertiary/aromatic N) is 2. The predicted molar refractivity (Wildman–Crippen MR) is 121 cm³/mol. The lowest BCUT2D eigenvalue weighted by Gasteiger charge is -2.15. The van der Waals surface area contributed by atoms with Gasteiger partial charge < -0.3 is 20.1 Å². The number of rotatable bonds is 7. The third kappa shape index (κ3) is 5.31. The Kier molecular flexibility index (Phi) is 6.61. The van der Waals surface area contributed by atoms with Crippen LogP contribution in [0.1, 0.15) is 16.7 Å². The van der Waals surface area contributed by atoms with Crippen LogP contribution in [0.2, 0.25) is 0 Å². The van der Waals surface area contributed by atoms with Crippen LogP contribution in [0.15, 0.2) is 54.6 Å². The standard InChI is InChI=1S/C25H27N3O2/c1-17-11-18(2)13-22(12-17)30-21-7-5-19(6-8-21)20-14-24(27-9-10-28(3)4)23(16-26)25(29)15-20/h5-8,11-15,27,29H,9-10H2,1-4H3. The molecule has 5 nitrogen and oxygen atoms in total. The molecule has 0 heterocycles. The molecule has 0 bridgehead atoms. The molecular formula is C25H27N3O2. The maximum atomic E-state index is 10.3. The summed E-state index contributed by atoms with van der Waals surface area (Å²) in [5.74, 6) is 1.52. The second kappa shape index (κ2) is 9.34. The highest BCUT2D eigenvalue weighted by Gasteiger charge is 2.12. The van der Waals surface area contributed by atoms with Crippen molar-refractivity contribution < 1.29 is 9.84 Å². The van der Waals surface area contributed by atoms with E-state index >= 15 is 0 Å². The summed E-state index contributed by atoms with van der Waals surface area (Å²) in [6, 6.07) is 19.4. The van der Waals surface area contributed by atoms with Gasteiger partial charge in [-0.05, 0) is 86.6 Å². The van der Waals surface area contributed by atoms with Crippen molar-refractivity contribution in [2.75, 3.05) is 32.5 Å². The van der Waals surface area contributed by atoms with Gasteiger partial charge in [-0.25, -0.2) is 0 Å². The molecule has 30 heavy (non-hydrogen) atoms. The van der Waals surface area contributed by atoms with Gasteiger partial charge in [-0.3, -0.25) is 0 Å². The first-order valence-corrected chi connectivity index (χ1v) is 9.88. The lowest BCUT2D eigenvalue weighted by molar-refractivity contribution is 0.425. The van der Waals surface area contributed by atoms with Gasteiger partial charge in [-0.1, -0.05) is 18.2 Å². The van der Waals surface area contributed by atoms with Gasteiger partial charge in [0.15, 0.2) is 0 Å². The van der Waals surface area contributed by atoms with Gasteiger partial charge in [0.1, 0.15) is 28.9 Å². The molecule has 0 atom stereocenters. The zero-order chi connectivity index (χ0) is 21.7. The fourth-order valence-corrected chi connectivity index (χ4v) is 3.31. The number of anilines is 1. The number of benzene rings is 3. The number of aryl methyl sites for hydroxylation is 2. The molecule has 154 valence electrons. The van der Waals surface area contributed by atoms with Crippen molar-refractivity contribution in [2.24, 2.45) is 0 Å². The second-order valence-corrected chi connectivity index (χ2v) is 7.71. The molecule has 0 amide bonds. The van der Waals surface area contributed by atoms with Gasteiger partial charge in [0.25, 0.3) is 0 Å². The third-order valence-electron chi connectivity index (χ3n) is 4.72. The Balaban J connectivity index is 1.83. The first kappa shape index (κ1) is 21.2. The molecule has 0 aliphatic heterocycles. The predicted octanol–water partition coefficient (Wildman–Crippen LogP) is 5.31. The minimum atomic E-state index is -0.0297. The highest BCUT2D eigenvalue weighted by Crippen LogP contribution is 2.34. The van der Waals surface area contributed by atoms with E-state index in [1.54, 1.807) is 6.07 Å². The summed E-state index contributed by atoms with van der Waals surface area (Å²) in [5.41, 5.74) is 4.96. The fraction of sp³-hybridized carbons (Fsp3) is 0.240. The van der Waals surface area contributed by atoms with Crippen LogP contribution >= 0.6 is 0 Å². The lowest BCUT2D eigenvalue weighted by atomic mass is 10.0. The Morgan fingerprint density at radius 1 is 0.933 bits per heavy atom. The Morgan fingerprint density at radius 3 is 2.20 bits per heavy atom. The van der Waals surface area contributed by atoms with E-state index in [0.29, 0.717) is 12.2 Å². The maximum Gasteiger partial charge on any atom is 0.136 e. The summed E-state index contributed by atoms with van der Waals surface area (Å²) < 4.78 is 5.98. The number of aromatic hydroxyl groups is 1. The van der Waals surface area contributed by atoms with Gasteiger partial charge in [0.2, 0.25) is 0 Å². The topological polar surface area (TPSA) is 68.5 Å². The Labute approximate surface area is 178 Å². The molecule has 0 fully saturated rings. The van der Waals surface area contributed by atoms with Crippen LogP contribution in [0, 0.1) is 25.2 Å². The van der Waals surface area contributed by atoms with Crippen molar-refractivity contribution in [1.29, 1.82) is 5.26 Å². The van der Waals surface area contributed by atoms with Crippen molar-refractivity contribution in [3.63, 3.8) is 0 Å². The molecule has 3 rings (SSSR count). The molecule has 0 unspecified atom stereocenters. The minimum absolute atomic E-state index is 0.0297. The third-order valence-corrected chi connectivity index (χ3v) is 4.72. The maximum absolute atomic E-state index is 10.3. The van der Waals surface area contributed by atoms with Gasteiger partial charge >= 0.3 is 0 Å². The summed E-state index contributed by atoms with van der Waals surface area (Å²) in [6.45, 7) is 5.59. The lowest BCUT2D eigenvalue weighted by Crippen LogP contribution is -2.21. The van der Waals surface area contributed by atoms with E-state index in [2.05, 4.69) is 22.4 Å². The molecule has 0 radical (unpaired) electrons. The number of phenolic OH excluding ortho intramolecular Hbond substituents is 1. The molecule has 0 aromatic heterocycles. The number of hydrogen-bond donors (Lipinski definition) is 2. The largest absolute Gasteiger partial charge is 0.506 e. The van der Waals surface area contributed by atoms with Gasteiger partial charge in [-0.2, -0.15) is 5.26 Å². The van der Waals surface area contributed by atoms with Crippen LogP contribution in [-0.2, 0) is 0 Å². The second-order valence-electron chi connectivity index (χ2n) is 7.71. The molecule has 3 aromatic rings. The van der Waals surface area contributed by atoms with E-state index in [9.17, 15) is 10.4 Å². The van der Waals surface area contributed by atoms with Crippen molar-refractivity contribution in [1.82, 2.24) is 4.90 Å². The minimum Gasteiger partial charge on any atom is -0.506 e. The van der Waals surface area contributed by atoms with Crippen LogP contribution in [0.5, 0.6) is 17.2 Å². The zero-order valence-corrected chi connectivity index (χ0v) is 17.9. The van der Waals surface area contributed by atoms with E-state index in [4.69, 9.17) is 4.74 Å².